The van der Waals surface area contributed by atoms with Gasteiger partial charge in [-0.1, -0.05) is 25.4 Å². The summed E-state index contributed by atoms with van der Waals surface area (Å²) in [4.78, 5) is 4.27. The SMILES string of the molecule is CC(C)Cc1c2c(cc3sc4c(Cl)nccc4c13)CCCC2. The first kappa shape index (κ1) is 14.5. The van der Waals surface area contributed by atoms with Crippen LogP contribution in [0.3, 0.4) is 0 Å². The molecule has 22 heavy (non-hydrogen) atoms. The fraction of sp³-hybridized carbons (Fsp3) is 0.421. The molecule has 1 aromatic carbocycles. The van der Waals surface area contributed by atoms with Crippen molar-refractivity contribution in [1.29, 1.82) is 0 Å². The van der Waals surface area contributed by atoms with Crippen molar-refractivity contribution in [2.45, 2.75) is 46.0 Å². The Hall–Kier alpha value is -1.12. The van der Waals surface area contributed by atoms with Crippen molar-refractivity contribution in [2.75, 3.05) is 0 Å². The first-order valence-corrected chi connectivity index (χ1v) is 9.35. The molecule has 0 unspecified atom stereocenters. The van der Waals surface area contributed by atoms with Gasteiger partial charge in [-0.25, -0.2) is 4.98 Å². The summed E-state index contributed by atoms with van der Waals surface area (Å²) >= 11 is 8.15. The number of aryl methyl sites for hydroxylation is 1. The summed E-state index contributed by atoms with van der Waals surface area (Å²) in [6.07, 6.45) is 8.13. The van der Waals surface area contributed by atoms with Gasteiger partial charge in [-0.3, -0.25) is 0 Å². The Morgan fingerprint density at radius 2 is 2.09 bits per heavy atom. The van der Waals surface area contributed by atoms with Gasteiger partial charge in [0.05, 0.1) is 4.70 Å². The second-order valence-corrected chi connectivity index (χ2v) is 8.16. The number of thiophene rings is 1. The van der Waals surface area contributed by atoms with Crippen LogP contribution in [0.1, 0.15) is 43.4 Å². The number of hydrogen-bond donors (Lipinski definition) is 0. The van der Waals surface area contributed by atoms with Crippen LogP contribution in [0, 0.1) is 5.92 Å². The Balaban J connectivity index is 2.12. The molecule has 0 saturated heterocycles. The highest BCUT2D eigenvalue weighted by Crippen LogP contribution is 2.42. The Morgan fingerprint density at radius 1 is 1.27 bits per heavy atom. The van der Waals surface area contributed by atoms with E-state index < -0.39 is 0 Å². The van der Waals surface area contributed by atoms with E-state index in [1.54, 1.807) is 16.7 Å². The van der Waals surface area contributed by atoms with Crippen LogP contribution in [0.5, 0.6) is 0 Å². The van der Waals surface area contributed by atoms with Crippen LogP contribution in [0.4, 0.5) is 0 Å². The summed E-state index contributed by atoms with van der Waals surface area (Å²) in [5.41, 5.74) is 4.78. The van der Waals surface area contributed by atoms with Gasteiger partial charge in [0.15, 0.2) is 0 Å². The van der Waals surface area contributed by atoms with E-state index in [0.717, 1.165) is 11.1 Å². The molecule has 4 rings (SSSR count). The maximum absolute atomic E-state index is 6.35. The molecule has 1 nitrogen and oxygen atoms in total. The Kier molecular flexibility index (Phi) is 3.62. The molecule has 0 amide bonds. The van der Waals surface area contributed by atoms with Crippen LogP contribution < -0.4 is 0 Å². The third kappa shape index (κ3) is 2.24. The third-order valence-electron chi connectivity index (χ3n) is 4.68. The molecule has 0 saturated carbocycles. The number of rotatable bonds is 2. The number of benzene rings is 1. The van der Waals surface area contributed by atoms with E-state index in [1.807, 2.05) is 17.5 Å². The predicted molar refractivity (Wildman–Crippen MR) is 97.3 cm³/mol. The smallest absolute Gasteiger partial charge is 0.146 e. The topological polar surface area (TPSA) is 12.9 Å². The Labute approximate surface area is 140 Å². The van der Waals surface area contributed by atoms with Gasteiger partial charge in [-0.2, -0.15) is 0 Å². The van der Waals surface area contributed by atoms with Crippen molar-refractivity contribution in [3.63, 3.8) is 0 Å². The van der Waals surface area contributed by atoms with E-state index in [2.05, 4.69) is 31.0 Å². The Bertz CT molecular complexity index is 863. The minimum atomic E-state index is 0.646. The zero-order valence-electron chi connectivity index (χ0n) is 13.1. The van der Waals surface area contributed by atoms with Gasteiger partial charge in [-0.05, 0) is 66.8 Å². The molecule has 0 aliphatic heterocycles. The third-order valence-corrected chi connectivity index (χ3v) is 6.24. The van der Waals surface area contributed by atoms with Gasteiger partial charge in [0, 0.05) is 21.7 Å². The molecule has 0 bridgehead atoms. The zero-order valence-corrected chi connectivity index (χ0v) is 14.7. The highest BCUT2D eigenvalue weighted by atomic mass is 35.5. The highest BCUT2D eigenvalue weighted by Gasteiger charge is 2.21. The first-order chi connectivity index (χ1) is 10.6. The molecule has 1 aliphatic rings. The normalized spacial score (nSPS) is 14.9. The molecule has 2 heterocycles. The molecule has 3 aromatic rings. The fourth-order valence-electron chi connectivity index (χ4n) is 3.80. The summed E-state index contributed by atoms with van der Waals surface area (Å²) in [5.74, 6) is 0.670. The van der Waals surface area contributed by atoms with Crippen LogP contribution in [0.15, 0.2) is 18.3 Å². The van der Waals surface area contributed by atoms with Crippen LogP contribution in [0.2, 0.25) is 5.15 Å². The van der Waals surface area contributed by atoms with Gasteiger partial charge in [-0.15, -0.1) is 11.3 Å². The zero-order chi connectivity index (χ0) is 15.3. The molecule has 0 N–H and O–H groups in total. The lowest BCUT2D eigenvalue weighted by molar-refractivity contribution is 0.629. The highest BCUT2D eigenvalue weighted by molar-refractivity contribution is 7.26. The van der Waals surface area contributed by atoms with E-state index in [1.165, 1.54) is 41.2 Å². The van der Waals surface area contributed by atoms with E-state index in [0.29, 0.717) is 11.1 Å². The summed E-state index contributed by atoms with van der Waals surface area (Å²) in [6.45, 7) is 4.63. The molecular weight excluding hydrogens is 310 g/mol. The quantitative estimate of drug-likeness (QED) is 0.511. The molecule has 0 fully saturated rings. The average Bonchev–Trinajstić information content (AvgIpc) is 2.86. The van der Waals surface area contributed by atoms with Gasteiger partial charge in [0.2, 0.25) is 0 Å². The molecule has 0 atom stereocenters. The van der Waals surface area contributed by atoms with E-state index >= 15 is 0 Å². The van der Waals surface area contributed by atoms with Crippen molar-refractivity contribution in [2.24, 2.45) is 5.92 Å². The maximum atomic E-state index is 6.35. The first-order valence-electron chi connectivity index (χ1n) is 8.15. The summed E-state index contributed by atoms with van der Waals surface area (Å²) in [6, 6.07) is 4.56. The number of fused-ring (bicyclic) bond motifs is 4. The lowest BCUT2D eigenvalue weighted by Crippen LogP contribution is -2.08. The minimum Gasteiger partial charge on any atom is -0.243 e. The van der Waals surface area contributed by atoms with Crippen molar-refractivity contribution in [3.8, 4) is 0 Å². The van der Waals surface area contributed by atoms with Crippen LogP contribution in [-0.2, 0) is 19.3 Å². The van der Waals surface area contributed by atoms with E-state index in [9.17, 15) is 0 Å². The standard InChI is InChI=1S/C19H20ClNS/c1-11(2)9-15-13-6-4-3-5-12(13)10-16-17(15)14-7-8-21-19(20)18(14)22-16/h7-8,10-11H,3-6,9H2,1-2H3. The molecule has 2 aromatic heterocycles. The van der Waals surface area contributed by atoms with Crippen LogP contribution in [-0.4, -0.2) is 4.98 Å². The predicted octanol–water partition coefficient (Wildman–Crippen LogP) is 6.18. The minimum absolute atomic E-state index is 0.646. The van der Waals surface area contributed by atoms with Crippen LogP contribution >= 0.6 is 22.9 Å². The molecule has 0 spiro atoms. The average molecular weight is 330 g/mol. The largest absolute Gasteiger partial charge is 0.243 e. The summed E-state index contributed by atoms with van der Waals surface area (Å²) in [5, 5.41) is 3.38. The van der Waals surface area contributed by atoms with Gasteiger partial charge >= 0.3 is 0 Å². The Morgan fingerprint density at radius 3 is 2.91 bits per heavy atom. The number of aromatic nitrogens is 1. The fourth-order valence-corrected chi connectivity index (χ4v) is 5.25. The molecule has 0 radical (unpaired) electrons. The second-order valence-electron chi connectivity index (χ2n) is 6.75. The lowest BCUT2D eigenvalue weighted by Gasteiger charge is -2.22. The molecular formula is C19H20ClNS. The van der Waals surface area contributed by atoms with Gasteiger partial charge in [0.1, 0.15) is 5.15 Å². The lowest BCUT2D eigenvalue weighted by atomic mass is 9.83. The summed E-state index contributed by atoms with van der Waals surface area (Å²) < 4.78 is 2.53. The number of pyridine rings is 1. The van der Waals surface area contributed by atoms with Gasteiger partial charge < -0.3 is 0 Å². The number of nitrogens with zero attached hydrogens (tertiary/aromatic N) is 1. The van der Waals surface area contributed by atoms with Crippen molar-refractivity contribution in [1.82, 2.24) is 4.98 Å². The molecule has 114 valence electrons. The van der Waals surface area contributed by atoms with Crippen molar-refractivity contribution < 1.29 is 0 Å². The summed E-state index contributed by atoms with van der Waals surface area (Å²) in [7, 11) is 0. The van der Waals surface area contributed by atoms with Crippen molar-refractivity contribution >= 4 is 43.1 Å². The van der Waals surface area contributed by atoms with E-state index in [4.69, 9.17) is 11.6 Å². The maximum Gasteiger partial charge on any atom is 0.146 e. The number of halogens is 1. The monoisotopic (exact) mass is 329 g/mol. The van der Waals surface area contributed by atoms with Crippen molar-refractivity contribution in [3.05, 3.63) is 40.2 Å². The molecule has 1 aliphatic carbocycles. The second kappa shape index (κ2) is 5.50. The molecule has 3 heteroatoms. The van der Waals surface area contributed by atoms with Gasteiger partial charge in [0.25, 0.3) is 0 Å². The van der Waals surface area contributed by atoms with E-state index in [-0.39, 0.29) is 0 Å². The number of hydrogen-bond acceptors (Lipinski definition) is 2. The van der Waals surface area contributed by atoms with Crippen LogP contribution in [0.25, 0.3) is 20.2 Å².